The number of aryl methyl sites for hydroxylation is 1. The molecular weight excluding hydrogens is 186 g/mol. The molecule has 1 rings (SSSR count). The molecule has 1 heterocycles. The Kier molecular flexibility index (Phi) is 4.82. The fraction of sp³-hybridized carbons (Fsp3) is 0.750. The summed E-state index contributed by atoms with van der Waals surface area (Å²) in [5.41, 5.74) is 1.33. The Hall–Kier alpha value is -0.830. The van der Waals surface area contributed by atoms with Gasteiger partial charge in [-0.3, -0.25) is 4.68 Å². The van der Waals surface area contributed by atoms with Crippen LogP contribution in [-0.4, -0.2) is 22.4 Å². The van der Waals surface area contributed by atoms with E-state index in [0.29, 0.717) is 12.0 Å². The normalized spacial score (nSPS) is 13.4. The van der Waals surface area contributed by atoms with E-state index in [1.807, 2.05) is 10.9 Å². The second kappa shape index (κ2) is 5.91. The molecule has 0 fully saturated rings. The molecule has 0 bridgehead atoms. The lowest BCUT2D eigenvalue weighted by Crippen LogP contribution is -2.35. The third kappa shape index (κ3) is 3.67. The monoisotopic (exact) mass is 209 g/mol. The third-order valence-corrected chi connectivity index (χ3v) is 2.74. The Labute approximate surface area is 92.9 Å². The van der Waals surface area contributed by atoms with Gasteiger partial charge in [0, 0.05) is 18.8 Å². The quantitative estimate of drug-likeness (QED) is 0.777. The standard InChI is InChI=1S/C12H23N3/c1-5-13-12(10(3)4)7-11-8-14-15(6-2)9-11/h8-10,12-13H,5-7H2,1-4H3. The summed E-state index contributed by atoms with van der Waals surface area (Å²) >= 11 is 0. The highest BCUT2D eigenvalue weighted by molar-refractivity contribution is 5.06. The number of nitrogens with zero attached hydrogens (tertiary/aromatic N) is 2. The summed E-state index contributed by atoms with van der Waals surface area (Å²) in [7, 11) is 0. The fourth-order valence-electron chi connectivity index (χ4n) is 1.74. The van der Waals surface area contributed by atoms with Crippen LogP contribution >= 0.6 is 0 Å². The summed E-state index contributed by atoms with van der Waals surface area (Å²) in [6, 6.07) is 0.560. The molecule has 86 valence electrons. The highest BCUT2D eigenvalue weighted by Gasteiger charge is 2.13. The van der Waals surface area contributed by atoms with Crippen molar-refractivity contribution in [3.8, 4) is 0 Å². The molecule has 1 aromatic rings. The van der Waals surface area contributed by atoms with Gasteiger partial charge < -0.3 is 5.32 Å². The molecule has 0 amide bonds. The van der Waals surface area contributed by atoms with Crippen LogP contribution in [0.2, 0.25) is 0 Å². The zero-order chi connectivity index (χ0) is 11.3. The first-order valence-electron chi connectivity index (χ1n) is 5.92. The first kappa shape index (κ1) is 12.2. The first-order valence-corrected chi connectivity index (χ1v) is 5.92. The summed E-state index contributed by atoms with van der Waals surface area (Å²) in [6.45, 7) is 10.8. The highest BCUT2D eigenvalue weighted by Crippen LogP contribution is 2.09. The van der Waals surface area contributed by atoms with Crippen LogP contribution in [0, 0.1) is 5.92 Å². The van der Waals surface area contributed by atoms with Crippen molar-refractivity contribution in [2.45, 2.75) is 46.7 Å². The molecule has 0 aromatic carbocycles. The molecule has 0 radical (unpaired) electrons. The van der Waals surface area contributed by atoms with Gasteiger partial charge in [-0.25, -0.2) is 0 Å². The highest BCUT2D eigenvalue weighted by atomic mass is 15.3. The summed E-state index contributed by atoms with van der Waals surface area (Å²) in [6.07, 6.45) is 5.20. The van der Waals surface area contributed by atoms with E-state index >= 15 is 0 Å². The summed E-state index contributed by atoms with van der Waals surface area (Å²) in [5.74, 6) is 0.662. The molecule has 3 heteroatoms. The first-order chi connectivity index (χ1) is 7.17. The molecule has 0 spiro atoms. The Morgan fingerprint density at radius 1 is 1.40 bits per heavy atom. The summed E-state index contributed by atoms with van der Waals surface area (Å²) < 4.78 is 1.98. The van der Waals surface area contributed by atoms with Gasteiger partial charge in [0.05, 0.1) is 6.20 Å². The number of aromatic nitrogens is 2. The van der Waals surface area contributed by atoms with E-state index in [-0.39, 0.29) is 0 Å². The molecule has 0 aliphatic carbocycles. The average Bonchev–Trinajstić information content (AvgIpc) is 2.65. The van der Waals surface area contributed by atoms with Crippen LogP contribution in [0.25, 0.3) is 0 Å². The summed E-state index contributed by atoms with van der Waals surface area (Å²) in [5, 5.41) is 7.82. The van der Waals surface area contributed by atoms with Gasteiger partial charge in [-0.1, -0.05) is 20.8 Å². The van der Waals surface area contributed by atoms with Crippen molar-refractivity contribution in [1.82, 2.24) is 15.1 Å². The van der Waals surface area contributed by atoms with Gasteiger partial charge in [-0.2, -0.15) is 5.10 Å². The van der Waals surface area contributed by atoms with Crippen molar-refractivity contribution < 1.29 is 0 Å². The molecule has 0 aliphatic heterocycles. The van der Waals surface area contributed by atoms with Crippen molar-refractivity contribution in [1.29, 1.82) is 0 Å². The van der Waals surface area contributed by atoms with Gasteiger partial charge in [-0.15, -0.1) is 0 Å². The molecule has 3 nitrogen and oxygen atoms in total. The molecule has 1 aromatic heterocycles. The number of rotatable bonds is 6. The fourth-order valence-corrected chi connectivity index (χ4v) is 1.74. The van der Waals surface area contributed by atoms with Gasteiger partial charge in [0.15, 0.2) is 0 Å². The van der Waals surface area contributed by atoms with Crippen LogP contribution in [0.5, 0.6) is 0 Å². The lowest BCUT2D eigenvalue weighted by molar-refractivity contribution is 0.405. The molecule has 0 saturated heterocycles. The minimum Gasteiger partial charge on any atom is -0.314 e. The van der Waals surface area contributed by atoms with Crippen molar-refractivity contribution in [3.05, 3.63) is 18.0 Å². The van der Waals surface area contributed by atoms with Crippen molar-refractivity contribution in [2.75, 3.05) is 6.54 Å². The number of nitrogens with one attached hydrogen (secondary N) is 1. The van der Waals surface area contributed by atoms with Crippen molar-refractivity contribution >= 4 is 0 Å². The SMILES string of the molecule is CCNC(Cc1cnn(CC)c1)C(C)C. The van der Waals surface area contributed by atoms with E-state index in [1.165, 1.54) is 5.56 Å². The zero-order valence-corrected chi connectivity index (χ0v) is 10.3. The molecular formula is C12H23N3. The van der Waals surface area contributed by atoms with Crippen LogP contribution in [0.3, 0.4) is 0 Å². The zero-order valence-electron chi connectivity index (χ0n) is 10.3. The largest absolute Gasteiger partial charge is 0.314 e. The summed E-state index contributed by atoms with van der Waals surface area (Å²) in [4.78, 5) is 0. The average molecular weight is 209 g/mol. The third-order valence-electron chi connectivity index (χ3n) is 2.74. The van der Waals surface area contributed by atoms with E-state index in [1.54, 1.807) is 0 Å². The molecule has 1 N–H and O–H groups in total. The van der Waals surface area contributed by atoms with Crippen LogP contribution < -0.4 is 5.32 Å². The van der Waals surface area contributed by atoms with Crippen LogP contribution in [-0.2, 0) is 13.0 Å². The maximum Gasteiger partial charge on any atom is 0.0522 e. The number of likely N-dealkylation sites (N-methyl/N-ethyl adjacent to an activating group) is 1. The molecule has 15 heavy (non-hydrogen) atoms. The van der Waals surface area contributed by atoms with Gasteiger partial charge in [0.25, 0.3) is 0 Å². The van der Waals surface area contributed by atoms with Gasteiger partial charge in [0.2, 0.25) is 0 Å². The maximum atomic E-state index is 4.30. The molecule has 1 unspecified atom stereocenters. The Morgan fingerprint density at radius 2 is 2.13 bits per heavy atom. The van der Waals surface area contributed by atoms with E-state index in [4.69, 9.17) is 0 Å². The Balaban J connectivity index is 2.57. The van der Waals surface area contributed by atoms with Gasteiger partial charge >= 0.3 is 0 Å². The molecule has 1 atom stereocenters. The smallest absolute Gasteiger partial charge is 0.0522 e. The Morgan fingerprint density at radius 3 is 2.60 bits per heavy atom. The van der Waals surface area contributed by atoms with Crippen molar-refractivity contribution in [3.63, 3.8) is 0 Å². The minimum atomic E-state index is 0.560. The topological polar surface area (TPSA) is 29.9 Å². The van der Waals surface area contributed by atoms with Crippen LogP contribution in [0.1, 0.15) is 33.3 Å². The lowest BCUT2D eigenvalue weighted by atomic mass is 9.98. The lowest BCUT2D eigenvalue weighted by Gasteiger charge is -2.20. The molecule has 0 saturated carbocycles. The van der Waals surface area contributed by atoms with E-state index in [2.05, 4.69) is 44.3 Å². The second-order valence-corrected chi connectivity index (χ2v) is 4.32. The van der Waals surface area contributed by atoms with Crippen LogP contribution in [0.4, 0.5) is 0 Å². The Bertz CT molecular complexity index is 278. The predicted molar refractivity (Wildman–Crippen MR) is 63.9 cm³/mol. The second-order valence-electron chi connectivity index (χ2n) is 4.32. The van der Waals surface area contributed by atoms with Gasteiger partial charge in [-0.05, 0) is 31.4 Å². The van der Waals surface area contributed by atoms with Crippen LogP contribution in [0.15, 0.2) is 12.4 Å². The molecule has 0 aliphatic rings. The van der Waals surface area contributed by atoms with E-state index in [0.717, 1.165) is 19.5 Å². The van der Waals surface area contributed by atoms with Crippen molar-refractivity contribution in [2.24, 2.45) is 5.92 Å². The van der Waals surface area contributed by atoms with E-state index in [9.17, 15) is 0 Å². The van der Waals surface area contributed by atoms with Gasteiger partial charge in [0.1, 0.15) is 0 Å². The minimum absolute atomic E-state index is 0.560. The maximum absolute atomic E-state index is 4.30. The number of hydrogen-bond acceptors (Lipinski definition) is 2. The predicted octanol–water partition coefficient (Wildman–Crippen LogP) is 2.08. The number of hydrogen-bond donors (Lipinski definition) is 1. The van der Waals surface area contributed by atoms with E-state index < -0.39 is 0 Å².